The second-order valence-electron chi connectivity index (χ2n) is 0.886. The van der Waals surface area contributed by atoms with Crippen LogP contribution in [0.5, 0.6) is 0 Å². The third-order valence-corrected chi connectivity index (χ3v) is 0.835. The highest BCUT2D eigenvalue weighted by Crippen LogP contribution is 2.34. The lowest BCUT2D eigenvalue weighted by molar-refractivity contribution is -0.0393. The van der Waals surface area contributed by atoms with Gasteiger partial charge < -0.3 is 0 Å². The van der Waals surface area contributed by atoms with Crippen molar-refractivity contribution in [2.75, 3.05) is 0 Å². The largest absolute Gasteiger partial charge is 0.395 e. The van der Waals surface area contributed by atoms with Crippen LogP contribution < -0.4 is 0 Å². The van der Waals surface area contributed by atoms with E-state index in [4.69, 9.17) is 0 Å². The highest BCUT2D eigenvalue weighted by Gasteiger charge is 2.28. The summed E-state index contributed by atoms with van der Waals surface area (Å²) in [5.74, 6) is 0. The maximum Gasteiger partial charge on any atom is 0.395 e. The first kappa shape index (κ1) is 9.32. The van der Waals surface area contributed by atoms with Crippen LogP contribution in [-0.4, -0.2) is 11.3 Å². The van der Waals surface area contributed by atoms with E-state index in [0.717, 1.165) is 0 Å². The van der Waals surface area contributed by atoms with E-state index in [1.54, 1.807) is 0 Å². The molecule has 0 N–H and O–H groups in total. The summed E-state index contributed by atoms with van der Waals surface area (Å²) in [4.78, 5) is 0. The molecule has 0 spiro atoms. The maximum absolute atomic E-state index is 11.4. The normalized spacial score (nSPS) is 12.7. The molecule has 0 atom stereocenters. The molecule has 9 heavy (non-hydrogen) atoms. The SMILES string of the molecule is FC(F)OSC(F)(F)Cl. The minimum Gasteiger partial charge on any atom is -0.244 e. The van der Waals surface area contributed by atoms with Gasteiger partial charge in [0.15, 0.2) is 0 Å². The van der Waals surface area contributed by atoms with E-state index in [-0.39, 0.29) is 0 Å². The zero-order chi connectivity index (χ0) is 7.49. The Labute approximate surface area is 57.5 Å². The Morgan fingerprint density at radius 3 is 2.00 bits per heavy atom. The van der Waals surface area contributed by atoms with E-state index in [2.05, 4.69) is 15.8 Å². The molecule has 7 heteroatoms. The molecule has 0 aliphatic heterocycles. The molecule has 0 radical (unpaired) electrons. The molecule has 0 heterocycles. The molecule has 0 aromatic rings. The molecule has 0 unspecified atom stereocenters. The summed E-state index contributed by atoms with van der Waals surface area (Å²) >= 11 is 3.37. The second-order valence-corrected chi connectivity index (χ2v) is 2.46. The van der Waals surface area contributed by atoms with E-state index < -0.39 is 23.4 Å². The molecule has 0 aliphatic carbocycles. The van der Waals surface area contributed by atoms with Crippen LogP contribution in [0.1, 0.15) is 0 Å². The number of rotatable bonds is 3. The molecule has 0 amide bonds. The van der Waals surface area contributed by atoms with E-state index in [1.807, 2.05) is 0 Å². The minimum absolute atomic E-state index is 0.776. The summed E-state index contributed by atoms with van der Waals surface area (Å²) in [6.45, 7) is -3.24. The monoisotopic (exact) mass is 184 g/mol. The Kier molecular flexibility index (Phi) is 3.60. The van der Waals surface area contributed by atoms with Crippen LogP contribution in [0.4, 0.5) is 17.6 Å². The molecule has 0 rings (SSSR count). The maximum atomic E-state index is 11.4. The van der Waals surface area contributed by atoms with Crippen molar-refractivity contribution in [1.29, 1.82) is 0 Å². The molecule has 56 valence electrons. The second kappa shape index (κ2) is 3.48. The van der Waals surface area contributed by atoms with E-state index in [9.17, 15) is 17.6 Å². The molecular formula is C2HClF4OS. The van der Waals surface area contributed by atoms with Crippen molar-refractivity contribution in [3.8, 4) is 0 Å². The van der Waals surface area contributed by atoms with E-state index in [1.165, 1.54) is 0 Å². The topological polar surface area (TPSA) is 9.23 Å². The molecule has 0 aliphatic rings. The van der Waals surface area contributed by atoms with Crippen LogP contribution in [0.2, 0.25) is 0 Å². The van der Waals surface area contributed by atoms with Gasteiger partial charge in [0.05, 0.1) is 12.0 Å². The molecule has 0 aromatic carbocycles. The molecule has 1 nitrogen and oxygen atoms in total. The van der Waals surface area contributed by atoms with E-state index in [0.29, 0.717) is 0 Å². The number of hydrogen-bond acceptors (Lipinski definition) is 2. The average Bonchev–Trinajstić information content (AvgIpc) is 1.59. The van der Waals surface area contributed by atoms with Gasteiger partial charge in [-0.05, 0) is 11.6 Å². The Morgan fingerprint density at radius 1 is 1.44 bits per heavy atom. The third kappa shape index (κ3) is 8.32. The first-order valence-corrected chi connectivity index (χ1v) is 2.73. The van der Waals surface area contributed by atoms with Crippen LogP contribution in [0.15, 0.2) is 0 Å². The average molecular weight is 185 g/mol. The summed E-state index contributed by atoms with van der Waals surface area (Å²) in [5.41, 5.74) is 0. The first-order chi connectivity index (χ1) is 3.92. The fraction of sp³-hybridized carbons (Fsp3) is 1.00. The Hall–Kier alpha value is 0.320. The van der Waals surface area contributed by atoms with Gasteiger partial charge in [0, 0.05) is 0 Å². The predicted octanol–water partition coefficient (Wildman–Crippen LogP) is 2.66. The lowest BCUT2D eigenvalue weighted by Gasteiger charge is -2.04. The molecular weight excluding hydrogens is 184 g/mol. The standard InChI is InChI=1S/C2HClF4OS/c3-2(6,7)9-8-1(4)5/h1H. The Balaban J connectivity index is 3.28. The zero-order valence-electron chi connectivity index (χ0n) is 3.78. The smallest absolute Gasteiger partial charge is 0.244 e. The van der Waals surface area contributed by atoms with Gasteiger partial charge in [-0.2, -0.15) is 17.6 Å². The van der Waals surface area contributed by atoms with Crippen molar-refractivity contribution in [3.63, 3.8) is 0 Å². The van der Waals surface area contributed by atoms with Crippen LogP contribution in [-0.2, 0) is 4.18 Å². The van der Waals surface area contributed by atoms with Crippen molar-refractivity contribution >= 4 is 23.6 Å². The summed E-state index contributed by atoms with van der Waals surface area (Å²) in [5, 5.41) is 0. The van der Waals surface area contributed by atoms with Crippen molar-refractivity contribution in [2.45, 2.75) is 11.3 Å². The lowest BCUT2D eigenvalue weighted by Crippen LogP contribution is -2.02. The van der Waals surface area contributed by atoms with Crippen molar-refractivity contribution in [3.05, 3.63) is 0 Å². The zero-order valence-corrected chi connectivity index (χ0v) is 5.36. The van der Waals surface area contributed by atoms with Crippen molar-refractivity contribution in [1.82, 2.24) is 0 Å². The van der Waals surface area contributed by atoms with Crippen LogP contribution in [0.3, 0.4) is 0 Å². The number of halogens is 5. The Morgan fingerprint density at radius 2 is 1.89 bits per heavy atom. The highest BCUT2D eigenvalue weighted by atomic mass is 35.5. The molecule has 0 saturated carbocycles. The van der Waals surface area contributed by atoms with Crippen LogP contribution in [0, 0.1) is 0 Å². The molecule has 0 aromatic heterocycles. The summed E-state index contributed by atoms with van der Waals surface area (Å²) < 4.78 is 43.9. The van der Waals surface area contributed by atoms with E-state index >= 15 is 0 Å². The number of alkyl halides is 5. The first-order valence-electron chi connectivity index (χ1n) is 1.61. The summed E-state index contributed by atoms with van der Waals surface area (Å²) in [7, 11) is 0. The fourth-order valence-corrected chi connectivity index (χ4v) is 0.382. The quantitative estimate of drug-likeness (QED) is 0.379. The molecule has 0 bridgehead atoms. The highest BCUT2D eigenvalue weighted by molar-refractivity contribution is 7.97. The van der Waals surface area contributed by atoms with Crippen LogP contribution >= 0.6 is 23.6 Å². The van der Waals surface area contributed by atoms with Gasteiger partial charge >= 0.3 is 11.3 Å². The number of hydrogen-bond donors (Lipinski definition) is 0. The summed E-state index contributed by atoms with van der Waals surface area (Å²) in [6, 6.07) is 0. The lowest BCUT2D eigenvalue weighted by atomic mass is 11.5. The van der Waals surface area contributed by atoms with Gasteiger partial charge in [-0.1, -0.05) is 0 Å². The summed E-state index contributed by atoms with van der Waals surface area (Å²) in [6.07, 6.45) is 0. The van der Waals surface area contributed by atoms with Gasteiger partial charge in [-0.3, -0.25) is 0 Å². The predicted molar refractivity (Wildman–Crippen MR) is 25.5 cm³/mol. The van der Waals surface area contributed by atoms with Crippen LogP contribution in [0.25, 0.3) is 0 Å². The Bertz CT molecular complexity index is 83.1. The van der Waals surface area contributed by atoms with Gasteiger partial charge in [-0.15, -0.1) is 0 Å². The van der Waals surface area contributed by atoms with Gasteiger partial charge in [0.2, 0.25) is 0 Å². The van der Waals surface area contributed by atoms with Gasteiger partial charge in [-0.25, -0.2) is 4.18 Å². The molecule has 0 saturated heterocycles. The fourth-order valence-electron chi connectivity index (χ4n) is 0.0909. The minimum atomic E-state index is -3.78. The van der Waals surface area contributed by atoms with Crippen molar-refractivity contribution in [2.24, 2.45) is 0 Å². The third-order valence-electron chi connectivity index (χ3n) is 0.215. The molecule has 0 fully saturated rings. The van der Waals surface area contributed by atoms with Crippen molar-refractivity contribution < 1.29 is 21.7 Å². The van der Waals surface area contributed by atoms with Gasteiger partial charge in [0.1, 0.15) is 0 Å². The van der Waals surface area contributed by atoms with Gasteiger partial charge in [0.25, 0.3) is 0 Å².